The lowest BCUT2D eigenvalue weighted by atomic mass is 10.3. The van der Waals surface area contributed by atoms with Crippen LogP contribution in [0.4, 0.5) is 0 Å². The molecule has 1 aromatic rings. The Labute approximate surface area is 86.6 Å². The zero-order valence-electron chi connectivity index (χ0n) is 8.19. The maximum absolute atomic E-state index is 11.4. The number of morpholine rings is 1. The van der Waals surface area contributed by atoms with Crippen molar-refractivity contribution in [2.24, 2.45) is 0 Å². The van der Waals surface area contributed by atoms with Crippen LogP contribution in [0, 0.1) is 0 Å². The van der Waals surface area contributed by atoms with Crippen LogP contribution < -0.4 is 10.6 Å². The number of carbonyl (C=O) groups is 1. The van der Waals surface area contributed by atoms with E-state index in [9.17, 15) is 4.79 Å². The second-order valence-corrected chi connectivity index (χ2v) is 3.27. The van der Waals surface area contributed by atoms with Gasteiger partial charge in [0.15, 0.2) is 0 Å². The average molecular weight is 211 g/mol. The highest BCUT2D eigenvalue weighted by Gasteiger charge is 2.15. The van der Waals surface area contributed by atoms with Gasteiger partial charge in [-0.25, -0.2) is 4.98 Å². The van der Waals surface area contributed by atoms with Crippen molar-refractivity contribution < 1.29 is 9.53 Å². The Bertz CT molecular complexity index is 307. The summed E-state index contributed by atoms with van der Waals surface area (Å²) in [6, 6.07) is 0.172. The van der Waals surface area contributed by atoms with Crippen molar-refractivity contribution in [3.63, 3.8) is 0 Å². The molecule has 0 radical (unpaired) electrons. The van der Waals surface area contributed by atoms with E-state index in [2.05, 4.69) is 25.8 Å². The predicted molar refractivity (Wildman–Crippen MR) is 51.3 cm³/mol. The summed E-state index contributed by atoms with van der Waals surface area (Å²) in [5, 5.41) is 12.1. The first-order valence-electron chi connectivity index (χ1n) is 4.81. The summed E-state index contributed by atoms with van der Waals surface area (Å²) in [5.41, 5.74) is 0. The van der Waals surface area contributed by atoms with E-state index in [0.29, 0.717) is 13.2 Å². The zero-order chi connectivity index (χ0) is 10.5. The van der Waals surface area contributed by atoms with Gasteiger partial charge in [0, 0.05) is 19.1 Å². The van der Waals surface area contributed by atoms with Gasteiger partial charge in [-0.15, -0.1) is 0 Å². The Kier molecular flexibility index (Phi) is 3.25. The van der Waals surface area contributed by atoms with Crippen LogP contribution >= 0.6 is 0 Å². The van der Waals surface area contributed by atoms with E-state index in [0.717, 1.165) is 13.2 Å². The average Bonchev–Trinajstić information content (AvgIpc) is 2.81. The minimum Gasteiger partial charge on any atom is -0.378 e. The number of rotatable bonds is 3. The van der Waals surface area contributed by atoms with Crippen molar-refractivity contribution in [3.8, 4) is 0 Å². The van der Waals surface area contributed by atoms with Crippen LogP contribution in [0.3, 0.4) is 0 Å². The third-order valence-electron chi connectivity index (χ3n) is 2.14. The topological polar surface area (TPSA) is 91.9 Å². The predicted octanol–water partition coefficient (Wildman–Crippen LogP) is -1.48. The number of nitrogens with one attached hydrogen (secondary N) is 3. The minimum absolute atomic E-state index is 0.172. The van der Waals surface area contributed by atoms with Crippen LogP contribution in [0.1, 0.15) is 10.6 Å². The van der Waals surface area contributed by atoms with E-state index in [4.69, 9.17) is 4.74 Å². The molecule has 0 bridgehead atoms. The quantitative estimate of drug-likeness (QED) is 0.567. The smallest absolute Gasteiger partial charge is 0.288 e. The summed E-state index contributed by atoms with van der Waals surface area (Å²) in [4.78, 5) is 15.2. The first-order valence-corrected chi connectivity index (χ1v) is 4.81. The van der Waals surface area contributed by atoms with E-state index in [-0.39, 0.29) is 17.8 Å². The number of hydrogen-bond acceptors (Lipinski definition) is 5. The monoisotopic (exact) mass is 211 g/mol. The van der Waals surface area contributed by atoms with Gasteiger partial charge in [-0.05, 0) is 0 Å². The minimum atomic E-state index is -0.250. The lowest BCUT2D eigenvalue weighted by Crippen LogP contribution is -2.48. The molecule has 2 heterocycles. The molecule has 82 valence electrons. The Balaban J connectivity index is 1.75. The summed E-state index contributed by atoms with van der Waals surface area (Å²) in [6.07, 6.45) is 1.30. The Morgan fingerprint density at radius 1 is 1.73 bits per heavy atom. The van der Waals surface area contributed by atoms with Crippen molar-refractivity contribution in [3.05, 3.63) is 12.2 Å². The van der Waals surface area contributed by atoms with Gasteiger partial charge < -0.3 is 15.4 Å². The molecule has 2 rings (SSSR count). The van der Waals surface area contributed by atoms with Crippen molar-refractivity contribution in [1.82, 2.24) is 25.8 Å². The van der Waals surface area contributed by atoms with E-state index in [1.165, 1.54) is 6.33 Å². The fraction of sp³-hybridized carbons (Fsp3) is 0.625. The lowest BCUT2D eigenvalue weighted by molar-refractivity contribution is 0.0732. The third-order valence-corrected chi connectivity index (χ3v) is 2.14. The SMILES string of the molecule is O=C(NCC1COCCN1)c1ncn[nH]1. The number of nitrogens with zero attached hydrogens (tertiary/aromatic N) is 2. The standard InChI is InChI=1S/C8H13N5O2/c14-8(7-11-5-12-13-7)10-3-6-4-15-2-1-9-6/h5-6,9H,1-4H2,(H,10,14)(H,11,12,13). The van der Waals surface area contributed by atoms with E-state index in [1.54, 1.807) is 0 Å². The fourth-order valence-corrected chi connectivity index (χ4v) is 1.37. The molecule has 1 saturated heterocycles. The highest BCUT2D eigenvalue weighted by Crippen LogP contribution is 1.92. The summed E-state index contributed by atoms with van der Waals surface area (Å²) in [5.74, 6) is -0.0217. The Morgan fingerprint density at radius 3 is 3.33 bits per heavy atom. The number of amides is 1. The van der Waals surface area contributed by atoms with Gasteiger partial charge in [0.1, 0.15) is 6.33 Å². The van der Waals surface area contributed by atoms with Crippen LogP contribution in [-0.4, -0.2) is 53.4 Å². The second kappa shape index (κ2) is 4.85. The van der Waals surface area contributed by atoms with Gasteiger partial charge in [0.25, 0.3) is 5.91 Å². The summed E-state index contributed by atoms with van der Waals surface area (Å²) in [7, 11) is 0. The maximum Gasteiger partial charge on any atom is 0.288 e. The molecule has 1 atom stereocenters. The summed E-state index contributed by atoms with van der Waals surface area (Å²) >= 11 is 0. The number of ether oxygens (including phenoxy) is 1. The summed E-state index contributed by atoms with van der Waals surface area (Å²) in [6.45, 7) is 2.70. The van der Waals surface area contributed by atoms with Gasteiger partial charge in [0.05, 0.1) is 13.2 Å². The van der Waals surface area contributed by atoms with Crippen LogP contribution in [0.5, 0.6) is 0 Å². The molecule has 15 heavy (non-hydrogen) atoms. The zero-order valence-corrected chi connectivity index (χ0v) is 8.19. The molecule has 7 heteroatoms. The van der Waals surface area contributed by atoms with Gasteiger partial charge >= 0.3 is 0 Å². The molecule has 0 saturated carbocycles. The normalized spacial score (nSPS) is 21.2. The van der Waals surface area contributed by atoms with Crippen LogP contribution in [0.2, 0.25) is 0 Å². The number of carbonyl (C=O) groups excluding carboxylic acids is 1. The van der Waals surface area contributed by atoms with Gasteiger partial charge in [0.2, 0.25) is 5.82 Å². The molecular formula is C8H13N5O2. The molecule has 1 unspecified atom stereocenters. The molecule has 0 aromatic carbocycles. The molecule has 3 N–H and O–H groups in total. The fourth-order valence-electron chi connectivity index (χ4n) is 1.37. The molecule has 1 amide bonds. The molecule has 7 nitrogen and oxygen atoms in total. The van der Waals surface area contributed by atoms with Crippen molar-refractivity contribution in [2.75, 3.05) is 26.3 Å². The third kappa shape index (κ3) is 2.74. The van der Waals surface area contributed by atoms with Crippen LogP contribution in [0.15, 0.2) is 6.33 Å². The second-order valence-electron chi connectivity index (χ2n) is 3.27. The lowest BCUT2D eigenvalue weighted by Gasteiger charge is -2.23. The van der Waals surface area contributed by atoms with Crippen molar-refractivity contribution >= 4 is 5.91 Å². The molecule has 0 spiro atoms. The summed E-state index contributed by atoms with van der Waals surface area (Å²) < 4.78 is 5.26. The number of aromatic nitrogens is 3. The molecule has 1 aliphatic heterocycles. The molecule has 1 fully saturated rings. The van der Waals surface area contributed by atoms with E-state index in [1.807, 2.05) is 0 Å². The molecule has 1 aliphatic rings. The highest BCUT2D eigenvalue weighted by atomic mass is 16.5. The number of aromatic amines is 1. The number of hydrogen-bond donors (Lipinski definition) is 3. The largest absolute Gasteiger partial charge is 0.378 e. The van der Waals surface area contributed by atoms with Gasteiger partial charge in [-0.3, -0.25) is 9.89 Å². The van der Waals surface area contributed by atoms with Crippen LogP contribution in [-0.2, 0) is 4.74 Å². The first kappa shape index (κ1) is 10.1. The van der Waals surface area contributed by atoms with Gasteiger partial charge in [-0.2, -0.15) is 5.10 Å². The maximum atomic E-state index is 11.4. The molecule has 0 aliphatic carbocycles. The van der Waals surface area contributed by atoms with E-state index >= 15 is 0 Å². The van der Waals surface area contributed by atoms with E-state index < -0.39 is 0 Å². The molecular weight excluding hydrogens is 198 g/mol. The number of H-pyrrole nitrogens is 1. The van der Waals surface area contributed by atoms with Crippen molar-refractivity contribution in [1.29, 1.82) is 0 Å². The van der Waals surface area contributed by atoms with Crippen LogP contribution in [0.25, 0.3) is 0 Å². The first-order chi connectivity index (χ1) is 7.36. The Hall–Kier alpha value is -1.47. The molecule has 1 aromatic heterocycles. The van der Waals surface area contributed by atoms with Crippen molar-refractivity contribution in [2.45, 2.75) is 6.04 Å². The highest BCUT2D eigenvalue weighted by molar-refractivity contribution is 5.90. The Morgan fingerprint density at radius 2 is 2.67 bits per heavy atom. The van der Waals surface area contributed by atoms with Gasteiger partial charge in [-0.1, -0.05) is 0 Å².